The van der Waals surface area contributed by atoms with Crippen molar-refractivity contribution in [2.45, 2.75) is 116 Å². The summed E-state index contributed by atoms with van der Waals surface area (Å²) in [5.41, 5.74) is 2.26. The lowest BCUT2D eigenvalue weighted by Gasteiger charge is -2.42. The first-order valence-corrected chi connectivity index (χ1v) is 13.7. The van der Waals surface area contributed by atoms with Gasteiger partial charge in [-0.2, -0.15) is 0 Å². The number of hydrogen-bond donors (Lipinski definition) is 0. The van der Waals surface area contributed by atoms with Crippen LogP contribution < -0.4 is 0 Å². The molecule has 0 spiro atoms. The second-order valence-electron chi connectivity index (χ2n) is 11.2. The Bertz CT molecular complexity index is 780. The molecule has 0 radical (unpaired) electrons. The summed E-state index contributed by atoms with van der Waals surface area (Å²) in [5.74, 6) is 2.58. The molecule has 3 aliphatic rings. The van der Waals surface area contributed by atoms with Crippen molar-refractivity contribution in [3.63, 3.8) is 0 Å². The van der Waals surface area contributed by atoms with Gasteiger partial charge in [-0.05, 0) is 118 Å². The van der Waals surface area contributed by atoms with Gasteiger partial charge in [0.25, 0.3) is 0 Å². The zero-order chi connectivity index (χ0) is 22.5. The number of rotatable bonds is 8. The summed E-state index contributed by atoms with van der Waals surface area (Å²) < 4.78 is 30.9. The molecule has 1 aromatic rings. The number of halogens is 2. The lowest BCUT2D eigenvalue weighted by atomic mass is 9.63. The Labute approximate surface area is 195 Å². The molecule has 5 unspecified atom stereocenters. The minimum Gasteiger partial charge on any atom is -0.207 e. The highest BCUT2D eigenvalue weighted by atomic mass is 19.1. The highest BCUT2D eigenvalue weighted by Gasteiger charge is 2.38. The first-order valence-electron chi connectivity index (χ1n) is 13.7. The summed E-state index contributed by atoms with van der Waals surface area (Å²) in [5, 5.41) is 0. The largest absolute Gasteiger partial charge is 0.207 e. The van der Waals surface area contributed by atoms with Gasteiger partial charge in [0.05, 0.1) is 0 Å². The Balaban J connectivity index is 1.40. The van der Waals surface area contributed by atoms with Gasteiger partial charge in [0.1, 0.15) is 11.6 Å². The summed E-state index contributed by atoms with van der Waals surface area (Å²) in [7, 11) is 0. The summed E-state index contributed by atoms with van der Waals surface area (Å²) in [6.45, 7) is 4.33. The Hall–Kier alpha value is -1.18. The number of fused-ring (bicyclic) bond motifs is 2. The molecule has 2 saturated carbocycles. The van der Waals surface area contributed by atoms with Gasteiger partial charge in [0.15, 0.2) is 0 Å². The van der Waals surface area contributed by atoms with Crippen molar-refractivity contribution in [2.24, 2.45) is 23.7 Å². The molecule has 0 heterocycles. The zero-order valence-corrected chi connectivity index (χ0v) is 20.5. The quantitative estimate of drug-likeness (QED) is 0.278. The maximum Gasteiger partial charge on any atom is 0.133 e. The highest BCUT2D eigenvalue weighted by Crippen LogP contribution is 2.49. The van der Waals surface area contributed by atoms with Crippen molar-refractivity contribution in [1.82, 2.24) is 0 Å². The summed E-state index contributed by atoms with van der Waals surface area (Å²) in [6.07, 6.45) is 21.7. The molecule has 0 saturated heterocycles. The summed E-state index contributed by atoms with van der Waals surface area (Å²) >= 11 is 0. The fraction of sp³-hybridized carbons (Fsp3) is 0.733. The van der Waals surface area contributed by atoms with Crippen LogP contribution in [0.4, 0.5) is 8.78 Å². The highest BCUT2D eigenvalue weighted by molar-refractivity contribution is 5.39. The standard InChI is InChI=1S/C30H44F2/c1-3-5-7-9-21-11-13-24-19-25(15-14-23(24)17-21)29-28(31)20-26-18-22(10-8-6-4-2)12-16-27(26)30(29)32/h3,5,20-25H,4,6-19H2,1-2H3/b5-3+. The molecule has 0 aromatic heterocycles. The van der Waals surface area contributed by atoms with E-state index in [0.717, 1.165) is 61.5 Å². The Kier molecular flexibility index (Phi) is 8.46. The van der Waals surface area contributed by atoms with E-state index in [4.69, 9.17) is 0 Å². The Morgan fingerprint density at radius 3 is 2.56 bits per heavy atom. The van der Waals surface area contributed by atoms with E-state index in [9.17, 15) is 0 Å². The first kappa shape index (κ1) is 24.0. The first-order chi connectivity index (χ1) is 15.6. The molecule has 4 rings (SSSR count). The van der Waals surface area contributed by atoms with Crippen LogP contribution in [-0.2, 0) is 12.8 Å². The predicted octanol–water partition coefficient (Wildman–Crippen LogP) is 9.31. The molecule has 32 heavy (non-hydrogen) atoms. The average Bonchev–Trinajstić information content (AvgIpc) is 2.79. The Morgan fingerprint density at radius 1 is 0.938 bits per heavy atom. The van der Waals surface area contributed by atoms with E-state index in [2.05, 4.69) is 26.0 Å². The molecule has 2 heteroatoms. The van der Waals surface area contributed by atoms with E-state index in [1.54, 1.807) is 6.07 Å². The zero-order valence-electron chi connectivity index (χ0n) is 20.5. The van der Waals surface area contributed by atoms with Crippen LogP contribution in [0.15, 0.2) is 18.2 Å². The number of allylic oxidation sites excluding steroid dienone is 2. The van der Waals surface area contributed by atoms with Gasteiger partial charge in [-0.3, -0.25) is 0 Å². The van der Waals surface area contributed by atoms with E-state index in [0.29, 0.717) is 17.4 Å². The molecular formula is C30H44F2. The van der Waals surface area contributed by atoms with E-state index >= 15 is 8.78 Å². The lowest BCUT2D eigenvalue weighted by molar-refractivity contribution is 0.113. The van der Waals surface area contributed by atoms with Crippen molar-refractivity contribution >= 4 is 0 Å². The van der Waals surface area contributed by atoms with Crippen molar-refractivity contribution in [3.05, 3.63) is 46.5 Å². The van der Waals surface area contributed by atoms with Crippen LogP contribution in [0.5, 0.6) is 0 Å². The Morgan fingerprint density at radius 2 is 1.75 bits per heavy atom. The second-order valence-corrected chi connectivity index (χ2v) is 11.2. The van der Waals surface area contributed by atoms with Gasteiger partial charge in [0, 0.05) is 5.56 Å². The van der Waals surface area contributed by atoms with Crippen LogP contribution >= 0.6 is 0 Å². The van der Waals surface area contributed by atoms with Gasteiger partial charge >= 0.3 is 0 Å². The third kappa shape index (κ3) is 5.48. The number of hydrogen-bond acceptors (Lipinski definition) is 0. The van der Waals surface area contributed by atoms with E-state index in [1.807, 2.05) is 0 Å². The van der Waals surface area contributed by atoms with Crippen LogP contribution in [0.1, 0.15) is 120 Å². The van der Waals surface area contributed by atoms with E-state index in [-0.39, 0.29) is 17.6 Å². The fourth-order valence-corrected chi connectivity index (χ4v) is 7.25. The van der Waals surface area contributed by atoms with Crippen LogP contribution in [0.2, 0.25) is 0 Å². The topological polar surface area (TPSA) is 0 Å². The van der Waals surface area contributed by atoms with Crippen molar-refractivity contribution in [2.75, 3.05) is 0 Å². The monoisotopic (exact) mass is 442 g/mol. The van der Waals surface area contributed by atoms with Gasteiger partial charge < -0.3 is 0 Å². The molecule has 0 amide bonds. The molecular weight excluding hydrogens is 398 g/mol. The lowest BCUT2D eigenvalue weighted by Crippen LogP contribution is -2.31. The SMILES string of the molecule is C/C=C/CCC1CCC2CC(c3c(F)cc4c(c3F)CCC(CCCCC)C4)CCC2C1. The smallest absolute Gasteiger partial charge is 0.133 e. The average molecular weight is 443 g/mol. The summed E-state index contributed by atoms with van der Waals surface area (Å²) in [4.78, 5) is 0. The van der Waals surface area contributed by atoms with Crippen molar-refractivity contribution < 1.29 is 8.78 Å². The minimum absolute atomic E-state index is 0.0865. The van der Waals surface area contributed by atoms with Gasteiger partial charge in [0.2, 0.25) is 0 Å². The molecule has 5 atom stereocenters. The van der Waals surface area contributed by atoms with Crippen LogP contribution in [0.25, 0.3) is 0 Å². The van der Waals surface area contributed by atoms with E-state index in [1.165, 1.54) is 57.8 Å². The normalized spacial score (nSPS) is 30.3. The molecule has 2 fully saturated rings. The molecule has 3 aliphatic carbocycles. The molecule has 178 valence electrons. The molecule has 0 N–H and O–H groups in total. The van der Waals surface area contributed by atoms with Crippen molar-refractivity contribution in [3.8, 4) is 0 Å². The predicted molar refractivity (Wildman–Crippen MR) is 131 cm³/mol. The van der Waals surface area contributed by atoms with E-state index < -0.39 is 0 Å². The van der Waals surface area contributed by atoms with Crippen LogP contribution in [-0.4, -0.2) is 0 Å². The number of benzene rings is 1. The fourth-order valence-electron chi connectivity index (χ4n) is 7.25. The number of unbranched alkanes of at least 4 members (excludes halogenated alkanes) is 2. The van der Waals surface area contributed by atoms with Crippen molar-refractivity contribution in [1.29, 1.82) is 0 Å². The second kappa shape index (κ2) is 11.3. The molecule has 0 nitrogen and oxygen atoms in total. The third-order valence-corrected chi connectivity index (χ3v) is 9.08. The molecule has 0 bridgehead atoms. The van der Waals surface area contributed by atoms with Gasteiger partial charge in [-0.25, -0.2) is 8.78 Å². The maximum atomic E-state index is 15.6. The van der Waals surface area contributed by atoms with Crippen LogP contribution in [0, 0.1) is 35.3 Å². The molecule has 1 aromatic carbocycles. The summed E-state index contributed by atoms with van der Waals surface area (Å²) in [6, 6.07) is 1.73. The van der Waals surface area contributed by atoms with Gasteiger partial charge in [-0.1, -0.05) is 51.2 Å². The minimum atomic E-state index is -0.251. The van der Waals surface area contributed by atoms with Gasteiger partial charge in [-0.15, -0.1) is 0 Å². The molecule has 0 aliphatic heterocycles. The third-order valence-electron chi connectivity index (χ3n) is 9.08. The van der Waals surface area contributed by atoms with Crippen LogP contribution in [0.3, 0.4) is 0 Å². The maximum absolute atomic E-state index is 15.6.